The monoisotopic (exact) mass is 182 g/mol. The van der Waals surface area contributed by atoms with Crippen LogP contribution in [0, 0.1) is 10.1 Å². The van der Waals surface area contributed by atoms with Crippen molar-refractivity contribution in [2.24, 2.45) is 0 Å². The van der Waals surface area contributed by atoms with Crippen molar-refractivity contribution in [3.05, 3.63) is 22.2 Å². The molecule has 1 heterocycles. The number of hydrogen-bond donors (Lipinski definition) is 1. The molecule has 0 amide bonds. The van der Waals surface area contributed by atoms with E-state index in [9.17, 15) is 10.1 Å². The number of nitro groups is 1. The van der Waals surface area contributed by atoms with Crippen molar-refractivity contribution in [1.29, 1.82) is 0 Å². The van der Waals surface area contributed by atoms with Crippen LogP contribution in [0.3, 0.4) is 0 Å². The van der Waals surface area contributed by atoms with Gasteiger partial charge in [-0.2, -0.15) is 0 Å². The second-order valence-electron chi connectivity index (χ2n) is 2.73. The molecule has 0 aliphatic carbocycles. The Bertz CT molecular complexity index is 337. The number of nitrogen functional groups attached to an aromatic ring is 1. The lowest BCUT2D eigenvalue weighted by Crippen LogP contribution is -2.13. The third-order valence-electron chi connectivity index (χ3n) is 1.50. The predicted octanol–water partition coefficient (Wildman–Crippen LogP) is 0.638. The van der Waals surface area contributed by atoms with Crippen molar-refractivity contribution >= 4 is 17.3 Å². The van der Waals surface area contributed by atoms with Crippen LogP contribution in [0.5, 0.6) is 0 Å². The zero-order chi connectivity index (χ0) is 10.0. The molecule has 0 fully saturated rings. The Morgan fingerprint density at radius 1 is 1.54 bits per heavy atom. The number of nitrogens with zero attached hydrogens (tertiary/aromatic N) is 3. The number of nitrogens with two attached hydrogens (primary N) is 1. The van der Waals surface area contributed by atoms with Crippen LogP contribution in [-0.4, -0.2) is 24.0 Å². The summed E-state index contributed by atoms with van der Waals surface area (Å²) in [5.41, 5.74) is 5.36. The Morgan fingerprint density at radius 3 is 2.62 bits per heavy atom. The lowest BCUT2D eigenvalue weighted by atomic mass is 10.3. The van der Waals surface area contributed by atoms with E-state index in [4.69, 9.17) is 5.73 Å². The Hall–Kier alpha value is -1.85. The maximum absolute atomic E-state index is 10.5. The molecule has 13 heavy (non-hydrogen) atoms. The van der Waals surface area contributed by atoms with Crippen molar-refractivity contribution in [2.45, 2.75) is 0 Å². The molecule has 0 unspecified atom stereocenters. The minimum Gasteiger partial charge on any atom is -0.384 e. The molecule has 0 atom stereocenters. The highest BCUT2D eigenvalue weighted by Crippen LogP contribution is 2.24. The molecule has 0 aliphatic rings. The van der Waals surface area contributed by atoms with E-state index in [0.29, 0.717) is 0 Å². The van der Waals surface area contributed by atoms with Crippen molar-refractivity contribution in [1.82, 2.24) is 4.98 Å². The fourth-order valence-corrected chi connectivity index (χ4v) is 0.927. The number of anilines is 2. The van der Waals surface area contributed by atoms with Gasteiger partial charge in [0, 0.05) is 20.2 Å². The summed E-state index contributed by atoms with van der Waals surface area (Å²) < 4.78 is 0. The molecule has 0 aromatic carbocycles. The molecule has 0 saturated carbocycles. The van der Waals surface area contributed by atoms with E-state index in [1.54, 1.807) is 19.0 Å². The normalized spacial score (nSPS) is 9.69. The summed E-state index contributed by atoms with van der Waals surface area (Å²) in [6.45, 7) is 0. The van der Waals surface area contributed by atoms with Crippen molar-refractivity contribution in [2.75, 3.05) is 24.7 Å². The van der Waals surface area contributed by atoms with Gasteiger partial charge in [0.2, 0.25) is 5.82 Å². The van der Waals surface area contributed by atoms with Crippen LogP contribution in [0.25, 0.3) is 0 Å². The van der Waals surface area contributed by atoms with Crippen LogP contribution in [0.15, 0.2) is 12.1 Å². The van der Waals surface area contributed by atoms with Gasteiger partial charge < -0.3 is 10.6 Å². The molecule has 0 bridgehead atoms. The third kappa shape index (κ3) is 1.84. The lowest BCUT2D eigenvalue weighted by Gasteiger charge is -2.11. The second-order valence-corrected chi connectivity index (χ2v) is 2.73. The minimum atomic E-state index is -0.484. The Morgan fingerprint density at radius 2 is 2.15 bits per heavy atom. The zero-order valence-corrected chi connectivity index (χ0v) is 7.39. The summed E-state index contributed by atoms with van der Waals surface area (Å²) in [5, 5.41) is 10.5. The summed E-state index contributed by atoms with van der Waals surface area (Å²) in [5.74, 6) is 0.541. The van der Waals surface area contributed by atoms with Crippen molar-refractivity contribution in [3.63, 3.8) is 0 Å². The van der Waals surface area contributed by atoms with Gasteiger partial charge in [0.25, 0.3) is 0 Å². The van der Waals surface area contributed by atoms with E-state index in [-0.39, 0.29) is 17.3 Å². The maximum Gasteiger partial charge on any atom is 0.311 e. The maximum atomic E-state index is 10.5. The smallest absolute Gasteiger partial charge is 0.311 e. The number of pyridine rings is 1. The Kier molecular flexibility index (Phi) is 2.32. The average Bonchev–Trinajstić information content (AvgIpc) is 2.03. The molecule has 1 rings (SSSR count). The van der Waals surface area contributed by atoms with Crippen LogP contribution < -0.4 is 10.6 Å². The lowest BCUT2D eigenvalue weighted by molar-refractivity contribution is -0.384. The van der Waals surface area contributed by atoms with Gasteiger partial charge in [-0.15, -0.1) is 0 Å². The summed E-state index contributed by atoms with van der Waals surface area (Å²) in [7, 11) is 3.35. The molecule has 0 radical (unpaired) electrons. The van der Waals surface area contributed by atoms with Crippen LogP contribution >= 0.6 is 0 Å². The molecule has 6 heteroatoms. The largest absolute Gasteiger partial charge is 0.384 e. The highest BCUT2D eigenvalue weighted by atomic mass is 16.6. The number of aromatic nitrogens is 1. The molecular weight excluding hydrogens is 172 g/mol. The molecule has 70 valence electrons. The van der Waals surface area contributed by atoms with Gasteiger partial charge in [0.05, 0.1) is 4.92 Å². The van der Waals surface area contributed by atoms with Gasteiger partial charge in [-0.05, 0) is 6.07 Å². The predicted molar refractivity (Wildman–Crippen MR) is 49.6 cm³/mol. The molecule has 0 saturated heterocycles. The van der Waals surface area contributed by atoms with Crippen LogP contribution in [0.1, 0.15) is 0 Å². The Balaban J connectivity index is 3.26. The molecule has 6 nitrogen and oxygen atoms in total. The SMILES string of the molecule is CN(C)c1nc(N)ccc1[N+](=O)[O-]. The van der Waals surface area contributed by atoms with Gasteiger partial charge in [-0.3, -0.25) is 10.1 Å². The van der Waals surface area contributed by atoms with E-state index in [1.807, 2.05) is 0 Å². The zero-order valence-electron chi connectivity index (χ0n) is 7.39. The fraction of sp³-hybridized carbons (Fsp3) is 0.286. The first kappa shape index (κ1) is 9.24. The van der Waals surface area contributed by atoms with Gasteiger partial charge in [-0.25, -0.2) is 4.98 Å². The van der Waals surface area contributed by atoms with Crippen molar-refractivity contribution < 1.29 is 4.92 Å². The highest BCUT2D eigenvalue weighted by Gasteiger charge is 2.16. The first-order valence-corrected chi connectivity index (χ1v) is 3.60. The fourth-order valence-electron chi connectivity index (χ4n) is 0.927. The van der Waals surface area contributed by atoms with Crippen molar-refractivity contribution in [3.8, 4) is 0 Å². The molecule has 0 spiro atoms. The van der Waals surface area contributed by atoms with Crippen LogP contribution in [0.2, 0.25) is 0 Å². The molecule has 2 N–H and O–H groups in total. The highest BCUT2D eigenvalue weighted by molar-refractivity contribution is 5.60. The Labute approximate surface area is 75.1 Å². The van der Waals surface area contributed by atoms with E-state index in [1.165, 1.54) is 12.1 Å². The molecule has 1 aromatic heterocycles. The summed E-state index contributed by atoms with van der Waals surface area (Å²) in [6.07, 6.45) is 0. The van der Waals surface area contributed by atoms with E-state index in [0.717, 1.165) is 0 Å². The van der Waals surface area contributed by atoms with Gasteiger partial charge in [0.15, 0.2) is 0 Å². The van der Waals surface area contributed by atoms with Crippen LogP contribution in [0.4, 0.5) is 17.3 Å². The topological polar surface area (TPSA) is 85.3 Å². The first-order chi connectivity index (χ1) is 6.02. The first-order valence-electron chi connectivity index (χ1n) is 3.60. The molecular formula is C7H10N4O2. The van der Waals surface area contributed by atoms with Gasteiger partial charge >= 0.3 is 5.69 Å². The third-order valence-corrected chi connectivity index (χ3v) is 1.50. The molecule has 1 aromatic rings. The second kappa shape index (κ2) is 3.26. The summed E-state index contributed by atoms with van der Waals surface area (Å²) >= 11 is 0. The average molecular weight is 182 g/mol. The minimum absolute atomic E-state index is 0.0424. The standard InChI is InChI=1S/C7H10N4O2/c1-10(2)7-5(11(12)13)3-4-6(8)9-7/h3-4H,1-2H3,(H2,8,9). The van der Waals surface area contributed by atoms with E-state index in [2.05, 4.69) is 4.98 Å². The quantitative estimate of drug-likeness (QED) is 0.535. The van der Waals surface area contributed by atoms with E-state index < -0.39 is 4.92 Å². The summed E-state index contributed by atoms with van der Waals surface area (Å²) in [4.78, 5) is 15.5. The number of rotatable bonds is 2. The van der Waals surface area contributed by atoms with E-state index >= 15 is 0 Å². The number of hydrogen-bond acceptors (Lipinski definition) is 5. The van der Waals surface area contributed by atoms with Gasteiger partial charge in [-0.1, -0.05) is 0 Å². The molecule has 0 aliphatic heterocycles. The summed E-state index contributed by atoms with van der Waals surface area (Å²) in [6, 6.07) is 2.75. The van der Waals surface area contributed by atoms with Crippen LogP contribution in [-0.2, 0) is 0 Å². The van der Waals surface area contributed by atoms with Gasteiger partial charge in [0.1, 0.15) is 5.82 Å².